The van der Waals surface area contributed by atoms with E-state index in [2.05, 4.69) is 50.1 Å². The first-order valence-corrected chi connectivity index (χ1v) is 7.62. The molecule has 108 valence electrons. The summed E-state index contributed by atoms with van der Waals surface area (Å²) in [4.78, 5) is 2.22. The highest BCUT2D eigenvalue weighted by Crippen LogP contribution is 2.16. The standard InChI is InChI=1S/C17H29NO/c1-4-6-7-13-18(3)14-17(19)16-11-9-15(8-5-2)10-12-16/h9-12,17,19H,4-8,13-14H2,1-3H3. The lowest BCUT2D eigenvalue weighted by molar-refractivity contribution is 0.126. The van der Waals surface area contributed by atoms with Crippen molar-refractivity contribution in [1.29, 1.82) is 0 Å². The van der Waals surface area contributed by atoms with E-state index in [1.54, 1.807) is 0 Å². The molecule has 0 aliphatic rings. The fourth-order valence-corrected chi connectivity index (χ4v) is 2.32. The molecule has 0 fully saturated rings. The molecule has 1 unspecified atom stereocenters. The lowest BCUT2D eigenvalue weighted by Crippen LogP contribution is -2.25. The van der Waals surface area contributed by atoms with Crippen LogP contribution in [0.2, 0.25) is 0 Å². The third-order valence-corrected chi connectivity index (χ3v) is 3.53. The van der Waals surface area contributed by atoms with Crippen molar-refractivity contribution in [3.63, 3.8) is 0 Å². The summed E-state index contributed by atoms with van der Waals surface area (Å²) in [6, 6.07) is 8.41. The van der Waals surface area contributed by atoms with Gasteiger partial charge in [-0.05, 0) is 37.6 Å². The van der Waals surface area contributed by atoms with Gasteiger partial charge in [0, 0.05) is 6.54 Å². The van der Waals surface area contributed by atoms with Gasteiger partial charge in [0.15, 0.2) is 0 Å². The van der Waals surface area contributed by atoms with E-state index in [0.717, 1.165) is 25.1 Å². The summed E-state index contributed by atoms with van der Waals surface area (Å²) in [6.45, 7) is 6.19. The molecule has 0 amide bonds. The molecule has 0 saturated carbocycles. The number of unbranched alkanes of at least 4 members (excludes halogenated alkanes) is 2. The average Bonchev–Trinajstić information content (AvgIpc) is 2.40. The maximum absolute atomic E-state index is 10.2. The molecular weight excluding hydrogens is 234 g/mol. The predicted octanol–water partition coefficient (Wildman–Crippen LogP) is 3.79. The maximum Gasteiger partial charge on any atom is 0.0916 e. The normalized spacial score (nSPS) is 12.9. The Morgan fingerprint density at radius 3 is 2.32 bits per heavy atom. The van der Waals surface area contributed by atoms with Crippen LogP contribution in [0.4, 0.5) is 0 Å². The van der Waals surface area contributed by atoms with Crippen molar-refractivity contribution < 1.29 is 5.11 Å². The monoisotopic (exact) mass is 263 g/mol. The SMILES string of the molecule is CCCCCN(C)CC(O)c1ccc(CCC)cc1. The third kappa shape index (κ3) is 6.22. The van der Waals surface area contributed by atoms with Crippen molar-refractivity contribution >= 4 is 0 Å². The molecule has 1 aromatic carbocycles. The number of aryl methyl sites for hydroxylation is 1. The Bertz CT molecular complexity index is 334. The minimum atomic E-state index is -0.373. The van der Waals surface area contributed by atoms with Crippen molar-refractivity contribution in [2.75, 3.05) is 20.1 Å². The zero-order chi connectivity index (χ0) is 14.1. The smallest absolute Gasteiger partial charge is 0.0916 e. The Hall–Kier alpha value is -0.860. The summed E-state index contributed by atoms with van der Waals surface area (Å²) in [7, 11) is 2.09. The predicted molar refractivity (Wildman–Crippen MR) is 82.4 cm³/mol. The van der Waals surface area contributed by atoms with Gasteiger partial charge in [-0.15, -0.1) is 0 Å². The van der Waals surface area contributed by atoms with E-state index in [1.165, 1.54) is 31.2 Å². The van der Waals surface area contributed by atoms with Crippen LogP contribution in [0.25, 0.3) is 0 Å². The lowest BCUT2D eigenvalue weighted by atomic mass is 10.0. The van der Waals surface area contributed by atoms with E-state index in [-0.39, 0.29) is 6.10 Å². The molecule has 1 atom stereocenters. The molecule has 0 aliphatic carbocycles. The highest BCUT2D eigenvalue weighted by Gasteiger charge is 2.10. The molecule has 2 nitrogen and oxygen atoms in total. The quantitative estimate of drug-likeness (QED) is 0.685. The van der Waals surface area contributed by atoms with Crippen molar-refractivity contribution in [2.45, 2.75) is 52.1 Å². The minimum absolute atomic E-state index is 0.373. The number of aliphatic hydroxyl groups excluding tert-OH is 1. The Kier molecular flexibility index (Phi) is 7.76. The Morgan fingerprint density at radius 1 is 1.05 bits per heavy atom. The topological polar surface area (TPSA) is 23.5 Å². The highest BCUT2D eigenvalue weighted by molar-refractivity contribution is 5.24. The summed E-state index contributed by atoms with van der Waals surface area (Å²) < 4.78 is 0. The lowest BCUT2D eigenvalue weighted by Gasteiger charge is -2.20. The molecule has 0 bridgehead atoms. The molecule has 0 saturated heterocycles. The van der Waals surface area contributed by atoms with E-state index >= 15 is 0 Å². The van der Waals surface area contributed by atoms with Gasteiger partial charge in [-0.3, -0.25) is 0 Å². The molecule has 1 N–H and O–H groups in total. The first-order valence-electron chi connectivity index (χ1n) is 7.62. The molecule has 0 heterocycles. The van der Waals surface area contributed by atoms with Gasteiger partial charge < -0.3 is 10.0 Å². The maximum atomic E-state index is 10.2. The van der Waals surface area contributed by atoms with Crippen LogP contribution in [0.1, 0.15) is 56.8 Å². The van der Waals surface area contributed by atoms with Gasteiger partial charge in [0.25, 0.3) is 0 Å². The number of hydrogen-bond donors (Lipinski definition) is 1. The van der Waals surface area contributed by atoms with Crippen molar-refractivity contribution in [1.82, 2.24) is 4.90 Å². The van der Waals surface area contributed by atoms with E-state index in [4.69, 9.17) is 0 Å². The summed E-state index contributed by atoms with van der Waals surface area (Å²) in [5.74, 6) is 0. The number of likely N-dealkylation sites (N-methyl/N-ethyl adjacent to an activating group) is 1. The molecule has 0 aliphatic heterocycles. The van der Waals surface area contributed by atoms with Crippen LogP contribution in [0.15, 0.2) is 24.3 Å². The summed E-state index contributed by atoms with van der Waals surface area (Å²) >= 11 is 0. The largest absolute Gasteiger partial charge is 0.387 e. The highest BCUT2D eigenvalue weighted by atomic mass is 16.3. The van der Waals surface area contributed by atoms with E-state index in [1.807, 2.05) is 0 Å². The second kappa shape index (κ2) is 9.11. The molecule has 19 heavy (non-hydrogen) atoms. The van der Waals surface area contributed by atoms with Crippen LogP contribution in [0.5, 0.6) is 0 Å². The molecule has 0 spiro atoms. The van der Waals surface area contributed by atoms with E-state index < -0.39 is 0 Å². The zero-order valence-electron chi connectivity index (χ0n) is 12.7. The molecule has 2 heteroatoms. The fourth-order valence-electron chi connectivity index (χ4n) is 2.32. The second-order valence-corrected chi connectivity index (χ2v) is 5.48. The van der Waals surface area contributed by atoms with E-state index in [9.17, 15) is 5.11 Å². The van der Waals surface area contributed by atoms with E-state index in [0.29, 0.717) is 0 Å². The average molecular weight is 263 g/mol. The van der Waals surface area contributed by atoms with Crippen LogP contribution in [-0.2, 0) is 6.42 Å². The van der Waals surface area contributed by atoms with Crippen LogP contribution >= 0.6 is 0 Å². The number of benzene rings is 1. The van der Waals surface area contributed by atoms with Gasteiger partial charge >= 0.3 is 0 Å². The number of rotatable bonds is 9. The second-order valence-electron chi connectivity index (χ2n) is 5.48. The first-order chi connectivity index (χ1) is 9.17. The Balaban J connectivity index is 2.41. The first kappa shape index (κ1) is 16.2. The van der Waals surface area contributed by atoms with Gasteiger partial charge in [0.2, 0.25) is 0 Å². The molecule has 0 aromatic heterocycles. The van der Waals surface area contributed by atoms with Crippen molar-refractivity contribution in [2.24, 2.45) is 0 Å². The fraction of sp³-hybridized carbons (Fsp3) is 0.647. The van der Waals surface area contributed by atoms with Crippen LogP contribution in [0, 0.1) is 0 Å². The van der Waals surface area contributed by atoms with Crippen LogP contribution in [-0.4, -0.2) is 30.1 Å². The Morgan fingerprint density at radius 2 is 1.74 bits per heavy atom. The van der Waals surface area contributed by atoms with Gasteiger partial charge in [-0.1, -0.05) is 57.4 Å². The number of nitrogens with zero attached hydrogens (tertiary/aromatic N) is 1. The van der Waals surface area contributed by atoms with Gasteiger partial charge in [0.05, 0.1) is 6.10 Å². The third-order valence-electron chi connectivity index (χ3n) is 3.53. The molecule has 1 rings (SSSR count). The zero-order valence-corrected chi connectivity index (χ0v) is 12.7. The van der Waals surface area contributed by atoms with Crippen molar-refractivity contribution in [3.8, 4) is 0 Å². The summed E-state index contributed by atoms with van der Waals surface area (Å²) in [6.07, 6.45) is 5.65. The summed E-state index contributed by atoms with van der Waals surface area (Å²) in [5.41, 5.74) is 2.39. The van der Waals surface area contributed by atoms with Gasteiger partial charge in [0.1, 0.15) is 0 Å². The minimum Gasteiger partial charge on any atom is -0.387 e. The van der Waals surface area contributed by atoms with Crippen LogP contribution < -0.4 is 0 Å². The number of hydrogen-bond acceptors (Lipinski definition) is 2. The number of aliphatic hydroxyl groups is 1. The molecule has 1 aromatic rings. The molecular formula is C17H29NO. The Labute approximate surface area is 118 Å². The van der Waals surface area contributed by atoms with Crippen molar-refractivity contribution in [3.05, 3.63) is 35.4 Å². The molecule has 0 radical (unpaired) electrons. The van der Waals surface area contributed by atoms with Gasteiger partial charge in [-0.25, -0.2) is 0 Å². The summed E-state index contributed by atoms with van der Waals surface area (Å²) in [5, 5.41) is 10.2. The van der Waals surface area contributed by atoms with Crippen LogP contribution in [0.3, 0.4) is 0 Å². The van der Waals surface area contributed by atoms with Gasteiger partial charge in [-0.2, -0.15) is 0 Å².